The van der Waals surface area contributed by atoms with E-state index in [9.17, 15) is 18.3 Å². The van der Waals surface area contributed by atoms with Crippen LogP contribution in [0.4, 0.5) is 13.2 Å². The number of hydrogen-bond acceptors (Lipinski definition) is 4. The van der Waals surface area contributed by atoms with Gasteiger partial charge >= 0.3 is 0 Å². The summed E-state index contributed by atoms with van der Waals surface area (Å²) in [5.41, 5.74) is 2.02. The minimum Gasteiger partial charge on any atom is -0.395 e. The Bertz CT molecular complexity index is 944. The Hall–Kier alpha value is -2.39. The maximum absolute atomic E-state index is 14.2. The predicted octanol–water partition coefficient (Wildman–Crippen LogP) is 2.63. The molecule has 1 unspecified atom stereocenters. The Balaban J connectivity index is 1.90. The molecule has 3 rings (SSSR count). The van der Waals surface area contributed by atoms with Gasteiger partial charge < -0.3 is 15.2 Å². The summed E-state index contributed by atoms with van der Waals surface area (Å²) in [5.74, 6) is -1.80. The van der Waals surface area contributed by atoms with Gasteiger partial charge in [0.1, 0.15) is 17.5 Å². The highest BCUT2D eigenvalue weighted by atomic mass is 19.1. The number of aromatic nitrogens is 1. The molecule has 150 valence electrons. The molecule has 0 radical (unpaired) electrons. The predicted molar refractivity (Wildman–Crippen MR) is 101 cm³/mol. The number of rotatable bonds is 8. The number of aliphatic hydroxyl groups excluding tert-OH is 2. The Morgan fingerprint density at radius 1 is 1.07 bits per heavy atom. The van der Waals surface area contributed by atoms with Crippen LogP contribution >= 0.6 is 0 Å². The summed E-state index contributed by atoms with van der Waals surface area (Å²) in [4.78, 5) is 2.97. The molecule has 0 amide bonds. The number of aromatic amines is 1. The fraction of sp³-hybridized carbons (Fsp3) is 0.300. The van der Waals surface area contributed by atoms with Gasteiger partial charge in [0.15, 0.2) is 6.35 Å². The maximum atomic E-state index is 14.2. The Kier molecular flexibility index (Phi) is 6.35. The van der Waals surface area contributed by atoms with Gasteiger partial charge in [0, 0.05) is 29.7 Å². The van der Waals surface area contributed by atoms with Crippen LogP contribution < -0.4 is 10.6 Å². The van der Waals surface area contributed by atoms with Crippen LogP contribution in [-0.4, -0.2) is 40.7 Å². The zero-order chi connectivity index (χ0) is 20.3. The van der Waals surface area contributed by atoms with E-state index in [1.54, 1.807) is 19.1 Å². The monoisotopic (exact) mass is 393 g/mol. The van der Waals surface area contributed by atoms with Crippen LogP contribution in [0.3, 0.4) is 0 Å². The molecule has 1 heterocycles. The molecule has 5 N–H and O–H groups in total. The molecule has 0 saturated carbocycles. The minimum absolute atomic E-state index is 0.130. The highest BCUT2D eigenvalue weighted by Gasteiger charge is 2.17. The standard InChI is InChI=1S/C20H22F3N3O2/c1-11(10-27)25-20(28)24-7-6-15-16-8-14(22)9-17(23)19(16)26-18(15)12-2-4-13(21)5-3-12/h2-5,8-9,11,20,24-28H,6-7,10H2,1H3/t11-,20?/m1/s1. The second-order valence-electron chi connectivity index (χ2n) is 6.65. The molecule has 0 saturated heterocycles. The molecule has 8 heteroatoms. The minimum atomic E-state index is -1.05. The number of hydrogen-bond donors (Lipinski definition) is 5. The Morgan fingerprint density at radius 2 is 1.79 bits per heavy atom. The van der Waals surface area contributed by atoms with Crippen LogP contribution in [-0.2, 0) is 6.42 Å². The van der Waals surface area contributed by atoms with Crippen molar-refractivity contribution in [3.05, 3.63) is 59.4 Å². The Labute approximate surface area is 160 Å². The van der Waals surface area contributed by atoms with Crippen molar-refractivity contribution < 1.29 is 23.4 Å². The van der Waals surface area contributed by atoms with Crippen molar-refractivity contribution in [2.24, 2.45) is 0 Å². The first-order valence-corrected chi connectivity index (χ1v) is 8.93. The van der Waals surface area contributed by atoms with Crippen molar-refractivity contribution in [3.8, 4) is 11.3 Å². The molecule has 1 aromatic heterocycles. The van der Waals surface area contributed by atoms with Crippen LogP contribution in [0.2, 0.25) is 0 Å². The largest absolute Gasteiger partial charge is 0.395 e. The summed E-state index contributed by atoms with van der Waals surface area (Å²) >= 11 is 0. The van der Waals surface area contributed by atoms with Crippen molar-refractivity contribution in [2.45, 2.75) is 25.7 Å². The topological polar surface area (TPSA) is 80.3 Å². The molecule has 0 bridgehead atoms. The van der Waals surface area contributed by atoms with E-state index in [0.717, 1.165) is 6.07 Å². The third-order valence-electron chi connectivity index (χ3n) is 4.49. The molecule has 0 fully saturated rings. The molecule has 3 aromatic rings. The average Bonchev–Trinajstić information content (AvgIpc) is 3.01. The smallest absolute Gasteiger partial charge is 0.160 e. The summed E-state index contributed by atoms with van der Waals surface area (Å²) in [5, 5.41) is 24.9. The van der Waals surface area contributed by atoms with Crippen LogP contribution in [0.15, 0.2) is 36.4 Å². The van der Waals surface area contributed by atoms with E-state index >= 15 is 0 Å². The number of H-pyrrole nitrogens is 1. The number of aliphatic hydroxyl groups is 2. The normalized spacial score (nSPS) is 13.8. The first-order chi connectivity index (χ1) is 13.4. The van der Waals surface area contributed by atoms with Crippen LogP contribution in [0.1, 0.15) is 12.5 Å². The summed E-state index contributed by atoms with van der Waals surface area (Å²) in [6.45, 7) is 1.88. The van der Waals surface area contributed by atoms with Gasteiger partial charge in [0.05, 0.1) is 12.1 Å². The van der Waals surface area contributed by atoms with E-state index in [1.165, 1.54) is 18.2 Å². The van der Waals surface area contributed by atoms with Crippen LogP contribution in [0, 0.1) is 17.5 Å². The number of benzene rings is 2. The number of halogens is 3. The van der Waals surface area contributed by atoms with Crippen molar-refractivity contribution in [2.75, 3.05) is 13.2 Å². The second kappa shape index (κ2) is 8.74. The summed E-state index contributed by atoms with van der Waals surface area (Å²) < 4.78 is 41.3. The zero-order valence-electron chi connectivity index (χ0n) is 15.3. The van der Waals surface area contributed by atoms with Gasteiger partial charge in [0.25, 0.3) is 0 Å². The van der Waals surface area contributed by atoms with Gasteiger partial charge in [-0.25, -0.2) is 13.2 Å². The molecule has 5 nitrogen and oxygen atoms in total. The van der Waals surface area contributed by atoms with Crippen molar-refractivity contribution in [1.82, 2.24) is 15.6 Å². The molecule has 0 aliphatic heterocycles. The van der Waals surface area contributed by atoms with Gasteiger partial charge in [-0.3, -0.25) is 10.6 Å². The summed E-state index contributed by atoms with van der Waals surface area (Å²) in [6.07, 6.45) is -0.697. The molecule has 0 aliphatic carbocycles. The zero-order valence-corrected chi connectivity index (χ0v) is 15.3. The van der Waals surface area contributed by atoms with Crippen molar-refractivity contribution >= 4 is 10.9 Å². The molecular formula is C20H22F3N3O2. The first kappa shape index (κ1) is 20.3. The fourth-order valence-corrected chi connectivity index (χ4v) is 3.11. The molecule has 2 atom stereocenters. The Morgan fingerprint density at radius 3 is 2.46 bits per heavy atom. The maximum Gasteiger partial charge on any atom is 0.160 e. The van der Waals surface area contributed by atoms with E-state index in [0.29, 0.717) is 35.2 Å². The first-order valence-electron chi connectivity index (χ1n) is 8.93. The third kappa shape index (κ3) is 4.53. The highest BCUT2D eigenvalue weighted by Crippen LogP contribution is 2.32. The summed E-state index contributed by atoms with van der Waals surface area (Å²) in [7, 11) is 0. The molecule has 0 aliphatic rings. The lowest BCUT2D eigenvalue weighted by molar-refractivity contribution is 0.0789. The van der Waals surface area contributed by atoms with E-state index in [1.807, 2.05) is 0 Å². The second-order valence-corrected chi connectivity index (χ2v) is 6.65. The average molecular weight is 393 g/mol. The lowest BCUT2D eigenvalue weighted by atomic mass is 10.0. The molecular weight excluding hydrogens is 371 g/mol. The lowest BCUT2D eigenvalue weighted by Gasteiger charge is -2.18. The van der Waals surface area contributed by atoms with Crippen molar-refractivity contribution in [1.29, 1.82) is 0 Å². The van der Waals surface area contributed by atoms with E-state index in [-0.39, 0.29) is 18.2 Å². The van der Waals surface area contributed by atoms with E-state index in [2.05, 4.69) is 15.6 Å². The fourth-order valence-electron chi connectivity index (χ4n) is 3.11. The SMILES string of the molecule is C[C@H](CO)NC(O)NCCc1c(-c2ccc(F)cc2)[nH]c2c(F)cc(F)cc12. The van der Waals surface area contributed by atoms with Gasteiger partial charge in [-0.05, 0) is 54.8 Å². The van der Waals surface area contributed by atoms with E-state index < -0.39 is 23.8 Å². The van der Waals surface area contributed by atoms with E-state index in [4.69, 9.17) is 5.11 Å². The van der Waals surface area contributed by atoms with Gasteiger partial charge in [-0.15, -0.1) is 0 Å². The number of nitrogens with one attached hydrogen (secondary N) is 3. The molecule has 28 heavy (non-hydrogen) atoms. The number of fused-ring (bicyclic) bond motifs is 1. The highest BCUT2D eigenvalue weighted by molar-refractivity contribution is 5.91. The third-order valence-corrected chi connectivity index (χ3v) is 4.49. The molecule has 0 spiro atoms. The molecule has 2 aromatic carbocycles. The van der Waals surface area contributed by atoms with Crippen molar-refractivity contribution in [3.63, 3.8) is 0 Å². The van der Waals surface area contributed by atoms with Crippen LogP contribution in [0.25, 0.3) is 22.2 Å². The quantitative estimate of drug-likeness (QED) is 0.381. The van der Waals surface area contributed by atoms with Crippen LogP contribution in [0.5, 0.6) is 0 Å². The summed E-state index contributed by atoms with van der Waals surface area (Å²) in [6, 6.07) is 7.47. The lowest BCUT2D eigenvalue weighted by Crippen LogP contribution is -2.48. The van der Waals surface area contributed by atoms with Gasteiger partial charge in [-0.1, -0.05) is 0 Å². The van der Waals surface area contributed by atoms with Gasteiger partial charge in [-0.2, -0.15) is 0 Å². The van der Waals surface area contributed by atoms with Gasteiger partial charge in [0.2, 0.25) is 0 Å².